The molecule has 1 N–H and O–H groups in total. The smallest absolute Gasteiger partial charge is 0.274 e. The number of piperidine rings is 1. The minimum Gasteiger partial charge on any atom is -0.494 e. The molecule has 1 aliphatic rings. The Labute approximate surface area is 175 Å². The van der Waals surface area contributed by atoms with E-state index >= 15 is 0 Å². The van der Waals surface area contributed by atoms with Crippen LogP contribution in [0.15, 0.2) is 53.3 Å². The number of hydrogen-bond donors (Lipinski definition) is 1. The molecular formula is C24H27N3O3. The standard InChI is InChI=1S/C24H27N3O3/c1-2-30-19-11-9-17(10-12-19)7-8-18-13-15-27(16-14-18)24(29)22-20-5-3-4-6-21(20)23(28)26-25-22/h3-6,9-12,18H,2,7-8,13-16H2,1H3,(H,26,28). The number of aryl methyl sites for hydroxylation is 1. The third-order valence-corrected chi connectivity index (χ3v) is 5.88. The summed E-state index contributed by atoms with van der Waals surface area (Å²) in [4.78, 5) is 26.9. The Morgan fingerprint density at radius 1 is 1.10 bits per heavy atom. The van der Waals surface area contributed by atoms with Gasteiger partial charge in [0.25, 0.3) is 11.5 Å². The van der Waals surface area contributed by atoms with Gasteiger partial charge in [-0.25, -0.2) is 5.10 Å². The van der Waals surface area contributed by atoms with Crippen LogP contribution in [0.2, 0.25) is 0 Å². The quantitative estimate of drug-likeness (QED) is 0.677. The number of hydrogen-bond acceptors (Lipinski definition) is 4. The normalized spacial score (nSPS) is 14.8. The lowest BCUT2D eigenvalue weighted by Crippen LogP contribution is -2.39. The van der Waals surface area contributed by atoms with Crippen molar-refractivity contribution >= 4 is 16.7 Å². The molecule has 156 valence electrons. The van der Waals surface area contributed by atoms with Gasteiger partial charge in [0.05, 0.1) is 12.0 Å². The molecule has 0 bridgehead atoms. The first-order chi connectivity index (χ1) is 14.7. The molecule has 1 fully saturated rings. The van der Waals surface area contributed by atoms with Crippen LogP contribution in [0.4, 0.5) is 0 Å². The summed E-state index contributed by atoms with van der Waals surface area (Å²) in [6.07, 6.45) is 4.14. The van der Waals surface area contributed by atoms with E-state index in [1.165, 1.54) is 5.56 Å². The van der Waals surface area contributed by atoms with Crippen molar-refractivity contribution in [3.05, 3.63) is 70.1 Å². The average molecular weight is 405 g/mol. The topological polar surface area (TPSA) is 75.3 Å². The summed E-state index contributed by atoms with van der Waals surface area (Å²) in [6, 6.07) is 15.5. The number of amides is 1. The summed E-state index contributed by atoms with van der Waals surface area (Å²) in [6.45, 7) is 4.12. The number of fused-ring (bicyclic) bond motifs is 1. The van der Waals surface area contributed by atoms with Gasteiger partial charge >= 0.3 is 0 Å². The van der Waals surface area contributed by atoms with Crippen molar-refractivity contribution in [1.29, 1.82) is 0 Å². The molecule has 0 spiro atoms. The third-order valence-electron chi connectivity index (χ3n) is 5.88. The van der Waals surface area contributed by atoms with E-state index in [4.69, 9.17) is 4.74 Å². The second-order valence-corrected chi connectivity index (χ2v) is 7.80. The molecule has 1 aromatic heterocycles. The third kappa shape index (κ3) is 4.37. The van der Waals surface area contributed by atoms with Gasteiger partial charge in [0, 0.05) is 18.5 Å². The van der Waals surface area contributed by atoms with Crippen LogP contribution < -0.4 is 10.3 Å². The highest BCUT2D eigenvalue weighted by Crippen LogP contribution is 2.25. The van der Waals surface area contributed by atoms with Crippen molar-refractivity contribution < 1.29 is 9.53 Å². The van der Waals surface area contributed by atoms with E-state index in [0.29, 0.717) is 29.0 Å². The molecule has 0 saturated carbocycles. The number of rotatable bonds is 6. The minimum atomic E-state index is -0.268. The highest BCUT2D eigenvalue weighted by molar-refractivity contribution is 6.04. The molecule has 2 heterocycles. The molecule has 0 radical (unpaired) electrons. The maximum Gasteiger partial charge on any atom is 0.274 e. The fraction of sp³-hybridized carbons (Fsp3) is 0.375. The van der Waals surface area contributed by atoms with E-state index in [1.807, 2.05) is 30.0 Å². The van der Waals surface area contributed by atoms with Gasteiger partial charge in [-0.05, 0) is 62.3 Å². The Morgan fingerprint density at radius 2 is 1.80 bits per heavy atom. The van der Waals surface area contributed by atoms with Gasteiger partial charge in [-0.2, -0.15) is 5.10 Å². The van der Waals surface area contributed by atoms with Gasteiger partial charge in [-0.1, -0.05) is 30.3 Å². The van der Waals surface area contributed by atoms with Gasteiger partial charge in [0.2, 0.25) is 0 Å². The van der Waals surface area contributed by atoms with Crippen LogP contribution in [0.25, 0.3) is 10.8 Å². The van der Waals surface area contributed by atoms with Crippen LogP contribution in [-0.2, 0) is 6.42 Å². The van der Waals surface area contributed by atoms with Crippen molar-refractivity contribution in [3.8, 4) is 5.75 Å². The first-order valence-electron chi connectivity index (χ1n) is 10.6. The molecule has 0 unspecified atom stereocenters. The van der Waals surface area contributed by atoms with E-state index in [9.17, 15) is 9.59 Å². The summed E-state index contributed by atoms with van der Waals surface area (Å²) in [5.74, 6) is 1.42. The van der Waals surface area contributed by atoms with Crippen LogP contribution in [0, 0.1) is 5.92 Å². The van der Waals surface area contributed by atoms with E-state index in [1.54, 1.807) is 18.2 Å². The fourth-order valence-corrected chi connectivity index (χ4v) is 4.14. The van der Waals surface area contributed by atoms with Crippen LogP contribution in [0.3, 0.4) is 0 Å². The zero-order valence-corrected chi connectivity index (χ0v) is 17.3. The molecule has 3 aromatic rings. The number of benzene rings is 2. The Hall–Kier alpha value is -3.15. The van der Waals surface area contributed by atoms with Crippen molar-refractivity contribution in [3.63, 3.8) is 0 Å². The van der Waals surface area contributed by atoms with E-state index in [-0.39, 0.29) is 11.5 Å². The average Bonchev–Trinajstić information content (AvgIpc) is 2.79. The lowest BCUT2D eigenvalue weighted by Gasteiger charge is -2.32. The molecule has 1 saturated heterocycles. The summed E-state index contributed by atoms with van der Waals surface area (Å²) in [5.41, 5.74) is 1.38. The van der Waals surface area contributed by atoms with Crippen LogP contribution in [0.5, 0.6) is 5.75 Å². The first kappa shape index (κ1) is 20.1. The van der Waals surface area contributed by atoms with Crippen molar-refractivity contribution in [2.45, 2.75) is 32.6 Å². The molecule has 1 amide bonds. The molecule has 6 heteroatoms. The number of aromatic nitrogens is 2. The molecular weight excluding hydrogens is 378 g/mol. The van der Waals surface area contributed by atoms with Gasteiger partial charge in [-0.3, -0.25) is 9.59 Å². The predicted molar refractivity (Wildman–Crippen MR) is 117 cm³/mol. The number of likely N-dealkylation sites (tertiary alicyclic amines) is 1. The predicted octanol–water partition coefficient (Wildman–Crippen LogP) is 3.81. The number of aromatic amines is 1. The number of nitrogens with one attached hydrogen (secondary N) is 1. The fourth-order valence-electron chi connectivity index (χ4n) is 4.14. The number of ether oxygens (including phenoxy) is 1. The highest BCUT2D eigenvalue weighted by atomic mass is 16.5. The van der Waals surface area contributed by atoms with Crippen LogP contribution >= 0.6 is 0 Å². The Morgan fingerprint density at radius 3 is 2.50 bits per heavy atom. The Kier molecular flexibility index (Phi) is 6.12. The molecule has 4 rings (SSSR count). The van der Waals surface area contributed by atoms with Gasteiger partial charge in [0.15, 0.2) is 5.69 Å². The summed E-state index contributed by atoms with van der Waals surface area (Å²) in [5, 5.41) is 7.63. The first-order valence-corrected chi connectivity index (χ1v) is 10.6. The van der Waals surface area contributed by atoms with E-state index < -0.39 is 0 Å². The van der Waals surface area contributed by atoms with Crippen LogP contribution in [0.1, 0.15) is 42.2 Å². The molecule has 30 heavy (non-hydrogen) atoms. The molecule has 2 aromatic carbocycles. The molecule has 6 nitrogen and oxygen atoms in total. The molecule has 0 atom stereocenters. The van der Waals surface area contributed by atoms with Gasteiger partial charge in [-0.15, -0.1) is 0 Å². The zero-order valence-electron chi connectivity index (χ0n) is 17.3. The highest BCUT2D eigenvalue weighted by Gasteiger charge is 2.26. The number of carbonyl (C=O) groups excluding carboxylic acids is 1. The SMILES string of the molecule is CCOc1ccc(CCC2CCN(C(=O)c3n[nH]c(=O)c4ccccc34)CC2)cc1. The van der Waals surface area contributed by atoms with E-state index in [2.05, 4.69) is 22.3 Å². The second kappa shape index (κ2) is 9.11. The number of nitrogens with zero attached hydrogens (tertiary/aromatic N) is 2. The number of H-pyrrole nitrogens is 1. The Balaban J connectivity index is 1.34. The summed E-state index contributed by atoms with van der Waals surface area (Å²) >= 11 is 0. The van der Waals surface area contributed by atoms with Crippen molar-refractivity contribution in [1.82, 2.24) is 15.1 Å². The Bertz CT molecular complexity index is 1070. The summed E-state index contributed by atoms with van der Waals surface area (Å²) in [7, 11) is 0. The van der Waals surface area contributed by atoms with Gasteiger partial charge < -0.3 is 9.64 Å². The van der Waals surface area contributed by atoms with Crippen molar-refractivity contribution in [2.24, 2.45) is 5.92 Å². The van der Waals surface area contributed by atoms with Crippen LogP contribution in [-0.4, -0.2) is 40.7 Å². The molecule has 1 aliphatic heterocycles. The van der Waals surface area contributed by atoms with E-state index in [0.717, 1.165) is 44.5 Å². The van der Waals surface area contributed by atoms with Crippen molar-refractivity contribution in [2.75, 3.05) is 19.7 Å². The minimum absolute atomic E-state index is 0.104. The maximum absolute atomic E-state index is 13.0. The maximum atomic E-state index is 13.0. The largest absolute Gasteiger partial charge is 0.494 e. The lowest BCUT2D eigenvalue weighted by atomic mass is 9.90. The zero-order chi connectivity index (χ0) is 20.9. The monoisotopic (exact) mass is 405 g/mol. The molecule has 0 aliphatic carbocycles. The summed E-state index contributed by atoms with van der Waals surface area (Å²) < 4.78 is 5.50. The van der Waals surface area contributed by atoms with Gasteiger partial charge in [0.1, 0.15) is 5.75 Å². The lowest BCUT2D eigenvalue weighted by molar-refractivity contribution is 0.0682. The number of carbonyl (C=O) groups is 1. The second-order valence-electron chi connectivity index (χ2n) is 7.80.